The van der Waals surface area contributed by atoms with Crippen molar-refractivity contribution in [3.63, 3.8) is 0 Å². The zero-order valence-corrected chi connectivity index (χ0v) is 9.24. The minimum atomic E-state index is -0.317. The standard InChI is InChI=1S/C8H8ClFN2.C2H6/c1-4-11-7-3-5(10)2-6(9)8(7)12-4;1-2/h2-4,11-12H,1H3;1-2H3. The number of rotatable bonds is 0. The molecule has 0 saturated heterocycles. The van der Waals surface area contributed by atoms with Crippen LogP contribution in [0.2, 0.25) is 5.02 Å². The molecule has 0 spiro atoms. The van der Waals surface area contributed by atoms with Gasteiger partial charge in [0.2, 0.25) is 0 Å². The van der Waals surface area contributed by atoms with Gasteiger partial charge in [-0.1, -0.05) is 25.4 Å². The van der Waals surface area contributed by atoms with Crippen molar-refractivity contribution >= 4 is 23.0 Å². The van der Waals surface area contributed by atoms with Gasteiger partial charge in [-0.2, -0.15) is 0 Å². The van der Waals surface area contributed by atoms with E-state index in [0.29, 0.717) is 5.02 Å². The molecule has 2 N–H and O–H groups in total. The molecule has 1 aromatic carbocycles. The van der Waals surface area contributed by atoms with Crippen molar-refractivity contribution in [3.8, 4) is 0 Å². The fraction of sp³-hybridized carbons (Fsp3) is 0.400. The van der Waals surface area contributed by atoms with Crippen LogP contribution in [0.4, 0.5) is 15.8 Å². The zero-order valence-electron chi connectivity index (χ0n) is 8.49. The lowest BCUT2D eigenvalue weighted by molar-refractivity contribution is 0.629. The predicted octanol–water partition coefficient (Wildman–Crippen LogP) is 3.69. The Morgan fingerprint density at radius 2 is 1.93 bits per heavy atom. The van der Waals surface area contributed by atoms with E-state index in [1.54, 1.807) is 0 Å². The number of anilines is 2. The number of nitrogens with one attached hydrogen (secondary N) is 2. The van der Waals surface area contributed by atoms with E-state index in [0.717, 1.165) is 11.4 Å². The Morgan fingerprint density at radius 1 is 1.29 bits per heavy atom. The van der Waals surface area contributed by atoms with Gasteiger partial charge < -0.3 is 10.6 Å². The van der Waals surface area contributed by atoms with Gasteiger partial charge in [-0.25, -0.2) is 4.39 Å². The summed E-state index contributed by atoms with van der Waals surface area (Å²) in [5.74, 6) is -0.317. The molecule has 1 heterocycles. The summed E-state index contributed by atoms with van der Waals surface area (Å²) in [5, 5.41) is 6.54. The van der Waals surface area contributed by atoms with Gasteiger partial charge in [0.05, 0.1) is 22.6 Å². The van der Waals surface area contributed by atoms with Crippen molar-refractivity contribution < 1.29 is 4.39 Å². The Kier molecular flexibility index (Phi) is 3.58. The lowest BCUT2D eigenvalue weighted by atomic mass is 10.3. The fourth-order valence-corrected chi connectivity index (χ4v) is 1.58. The third-order valence-electron chi connectivity index (χ3n) is 1.79. The number of hydrogen-bond acceptors (Lipinski definition) is 2. The van der Waals surface area contributed by atoms with E-state index < -0.39 is 0 Å². The smallest absolute Gasteiger partial charge is 0.126 e. The van der Waals surface area contributed by atoms with Gasteiger partial charge in [-0.3, -0.25) is 0 Å². The van der Waals surface area contributed by atoms with Crippen LogP contribution in [0, 0.1) is 5.82 Å². The zero-order chi connectivity index (χ0) is 10.7. The summed E-state index contributed by atoms with van der Waals surface area (Å²) in [7, 11) is 0. The van der Waals surface area contributed by atoms with Crippen molar-refractivity contribution in [1.82, 2.24) is 0 Å². The van der Waals surface area contributed by atoms with Crippen LogP contribution in [-0.2, 0) is 0 Å². The van der Waals surface area contributed by atoms with Gasteiger partial charge in [0.15, 0.2) is 0 Å². The summed E-state index contributed by atoms with van der Waals surface area (Å²) in [6.07, 6.45) is 0.110. The molecule has 1 unspecified atom stereocenters. The molecule has 1 atom stereocenters. The highest BCUT2D eigenvalue weighted by molar-refractivity contribution is 6.34. The van der Waals surface area contributed by atoms with E-state index in [2.05, 4.69) is 10.6 Å². The molecule has 0 radical (unpaired) electrons. The van der Waals surface area contributed by atoms with E-state index in [4.69, 9.17) is 11.6 Å². The predicted molar refractivity (Wildman–Crippen MR) is 59.5 cm³/mol. The fourth-order valence-electron chi connectivity index (χ4n) is 1.32. The van der Waals surface area contributed by atoms with Crippen molar-refractivity contribution in [3.05, 3.63) is 23.0 Å². The summed E-state index contributed by atoms with van der Waals surface area (Å²) in [5.41, 5.74) is 1.51. The lowest BCUT2D eigenvalue weighted by Gasteiger charge is -2.02. The quantitative estimate of drug-likeness (QED) is 0.691. The highest BCUT2D eigenvalue weighted by Crippen LogP contribution is 2.36. The van der Waals surface area contributed by atoms with Crippen LogP contribution in [0.25, 0.3) is 0 Å². The first-order valence-corrected chi connectivity index (χ1v) is 5.07. The third kappa shape index (κ3) is 2.10. The van der Waals surface area contributed by atoms with E-state index in [1.807, 2.05) is 20.8 Å². The third-order valence-corrected chi connectivity index (χ3v) is 2.09. The van der Waals surface area contributed by atoms with Crippen molar-refractivity contribution in [2.75, 3.05) is 10.6 Å². The Hall–Kier alpha value is -0.960. The maximum absolute atomic E-state index is 12.8. The number of hydrogen-bond donors (Lipinski definition) is 2. The van der Waals surface area contributed by atoms with Crippen LogP contribution in [0.3, 0.4) is 0 Å². The topological polar surface area (TPSA) is 24.1 Å². The molecule has 0 saturated carbocycles. The largest absolute Gasteiger partial charge is 0.364 e. The van der Waals surface area contributed by atoms with Gasteiger partial charge in [0.1, 0.15) is 5.82 Å². The molecule has 0 aromatic heterocycles. The first-order chi connectivity index (χ1) is 6.66. The van der Waals surface area contributed by atoms with Crippen LogP contribution < -0.4 is 10.6 Å². The van der Waals surface area contributed by atoms with Crippen LogP contribution in [0.5, 0.6) is 0 Å². The summed E-state index contributed by atoms with van der Waals surface area (Å²) in [6, 6.07) is 2.73. The van der Waals surface area contributed by atoms with Crippen LogP contribution in [-0.4, -0.2) is 6.17 Å². The van der Waals surface area contributed by atoms with Crippen LogP contribution in [0.1, 0.15) is 20.8 Å². The van der Waals surface area contributed by atoms with Crippen molar-refractivity contribution in [2.24, 2.45) is 0 Å². The Balaban J connectivity index is 0.000000461. The normalized spacial score (nSPS) is 17.4. The molecule has 2 rings (SSSR count). The molecule has 4 heteroatoms. The SMILES string of the molecule is CC.CC1Nc2cc(F)cc(Cl)c2N1. The molecule has 2 nitrogen and oxygen atoms in total. The van der Waals surface area contributed by atoms with Gasteiger partial charge in [0, 0.05) is 0 Å². The van der Waals surface area contributed by atoms with Crippen molar-refractivity contribution in [2.45, 2.75) is 26.9 Å². The molecule has 1 aliphatic rings. The summed E-state index contributed by atoms with van der Waals surface area (Å²) in [4.78, 5) is 0. The second-order valence-corrected chi connectivity index (χ2v) is 3.23. The van der Waals surface area contributed by atoms with Crippen LogP contribution in [0.15, 0.2) is 12.1 Å². The molecular weight excluding hydrogens is 203 g/mol. The van der Waals surface area contributed by atoms with E-state index in [9.17, 15) is 4.39 Å². The molecule has 0 amide bonds. The minimum absolute atomic E-state index is 0.110. The summed E-state index contributed by atoms with van der Waals surface area (Å²) < 4.78 is 12.8. The van der Waals surface area contributed by atoms with Gasteiger partial charge in [0.25, 0.3) is 0 Å². The van der Waals surface area contributed by atoms with Gasteiger partial charge >= 0.3 is 0 Å². The number of benzene rings is 1. The maximum Gasteiger partial charge on any atom is 0.126 e. The van der Waals surface area contributed by atoms with E-state index >= 15 is 0 Å². The average Bonchev–Trinajstić information content (AvgIpc) is 2.49. The minimum Gasteiger partial charge on any atom is -0.364 e. The van der Waals surface area contributed by atoms with E-state index in [-0.39, 0.29) is 12.0 Å². The molecule has 14 heavy (non-hydrogen) atoms. The second kappa shape index (κ2) is 4.51. The highest BCUT2D eigenvalue weighted by atomic mass is 35.5. The van der Waals surface area contributed by atoms with Gasteiger partial charge in [-0.05, 0) is 19.1 Å². The first kappa shape index (κ1) is 11.1. The molecule has 1 aromatic rings. The van der Waals surface area contributed by atoms with Gasteiger partial charge in [-0.15, -0.1) is 0 Å². The monoisotopic (exact) mass is 216 g/mol. The van der Waals surface area contributed by atoms with Crippen LogP contribution >= 0.6 is 11.6 Å². The Morgan fingerprint density at radius 3 is 2.57 bits per heavy atom. The number of fused-ring (bicyclic) bond motifs is 1. The Labute approximate surface area is 88.5 Å². The molecule has 78 valence electrons. The maximum atomic E-state index is 12.8. The summed E-state index contributed by atoms with van der Waals surface area (Å²) in [6.45, 7) is 5.94. The molecule has 0 aliphatic carbocycles. The Bertz CT molecular complexity index is 328. The highest BCUT2D eigenvalue weighted by Gasteiger charge is 2.18. The molecule has 0 bridgehead atoms. The van der Waals surface area contributed by atoms with E-state index in [1.165, 1.54) is 12.1 Å². The number of halogens is 2. The average molecular weight is 217 g/mol. The second-order valence-electron chi connectivity index (χ2n) is 2.82. The molecular formula is C10H14ClFN2. The first-order valence-electron chi connectivity index (χ1n) is 4.69. The molecule has 0 fully saturated rings. The van der Waals surface area contributed by atoms with Crippen molar-refractivity contribution in [1.29, 1.82) is 0 Å². The molecule has 1 aliphatic heterocycles. The lowest BCUT2D eigenvalue weighted by Crippen LogP contribution is -2.16. The summed E-state index contributed by atoms with van der Waals surface area (Å²) >= 11 is 5.80.